The van der Waals surface area contributed by atoms with E-state index in [0.29, 0.717) is 0 Å². The van der Waals surface area contributed by atoms with Crippen molar-refractivity contribution in [1.82, 2.24) is 25.3 Å². The zero-order valence-corrected chi connectivity index (χ0v) is 19.1. The Bertz CT molecular complexity index is 591. The number of unbranched alkanes of at least 4 members (excludes halogenated alkanes) is 1. The van der Waals surface area contributed by atoms with Gasteiger partial charge >= 0.3 is 0 Å². The maximum atomic E-state index is 5.73. The predicted octanol–water partition coefficient (Wildman–Crippen LogP) is 2.39. The summed E-state index contributed by atoms with van der Waals surface area (Å²) in [7, 11) is 0. The average Bonchev–Trinajstić information content (AvgIpc) is 3.49. The number of likely N-dealkylation sites (N-methyl/N-ethyl adjacent to an activating group) is 1. The third kappa shape index (κ3) is 7.29. The molecule has 3 heterocycles. The Hall–Kier alpha value is -1.57. The van der Waals surface area contributed by atoms with E-state index in [0.717, 1.165) is 44.4 Å². The summed E-state index contributed by atoms with van der Waals surface area (Å²) in [4.78, 5) is 12.5. The number of nitrogens with one attached hydrogen (secondary N) is 2. The summed E-state index contributed by atoms with van der Waals surface area (Å²) in [5.74, 6) is 1.95. The summed E-state index contributed by atoms with van der Waals surface area (Å²) in [6.07, 6.45) is 6.72. The highest BCUT2D eigenvalue weighted by atomic mass is 16.3. The van der Waals surface area contributed by atoms with Gasteiger partial charge in [0.2, 0.25) is 0 Å². The predicted molar refractivity (Wildman–Crippen MR) is 124 cm³/mol. The summed E-state index contributed by atoms with van der Waals surface area (Å²) in [6.45, 7) is 16.5. The molecule has 7 heteroatoms. The molecule has 3 rings (SSSR count). The lowest BCUT2D eigenvalue weighted by Crippen LogP contribution is -2.46. The van der Waals surface area contributed by atoms with Crippen LogP contribution < -0.4 is 10.6 Å². The van der Waals surface area contributed by atoms with Crippen LogP contribution in [0.2, 0.25) is 0 Å². The van der Waals surface area contributed by atoms with Crippen molar-refractivity contribution in [3.63, 3.8) is 0 Å². The number of guanidine groups is 1. The minimum atomic E-state index is 0.236. The molecule has 0 radical (unpaired) electrons. The Morgan fingerprint density at radius 2 is 1.80 bits per heavy atom. The van der Waals surface area contributed by atoms with E-state index in [9.17, 15) is 0 Å². The molecule has 1 aromatic rings. The molecule has 2 aliphatic rings. The molecule has 1 atom stereocenters. The van der Waals surface area contributed by atoms with Gasteiger partial charge in [0.05, 0.1) is 18.8 Å². The van der Waals surface area contributed by atoms with Crippen LogP contribution in [0.4, 0.5) is 0 Å². The zero-order valence-electron chi connectivity index (χ0n) is 19.1. The summed E-state index contributed by atoms with van der Waals surface area (Å²) in [5.41, 5.74) is 0. The van der Waals surface area contributed by atoms with Gasteiger partial charge in [-0.15, -0.1) is 0 Å². The molecule has 2 N–H and O–H groups in total. The molecule has 30 heavy (non-hydrogen) atoms. The lowest BCUT2D eigenvalue weighted by atomic mass is 10.2. The van der Waals surface area contributed by atoms with Crippen LogP contribution in [0.1, 0.15) is 51.3 Å². The van der Waals surface area contributed by atoms with Crippen molar-refractivity contribution < 1.29 is 4.42 Å². The van der Waals surface area contributed by atoms with Gasteiger partial charge in [-0.1, -0.05) is 6.92 Å². The van der Waals surface area contributed by atoms with Crippen molar-refractivity contribution in [1.29, 1.82) is 0 Å². The van der Waals surface area contributed by atoms with Gasteiger partial charge in [0.25, 0.3) is 0 Å². The van der Waals surface area contributed by atoms with Crippen LogP contribution in [-0.4, -0.2) is 92.7 Å². The summed E-state index contributed by atoms with van der Waals surface area (Å²) < 4.78 is 5.73. The molecule has 2 saturated heterocycles. The molecule has 7 nitrogen and oxygen atoms in total. The molecule has 0 amide bonds. The van der Waals surface area contributed by atoms with Crippen LogP contribution >= 0.6 is 0 Å². The SMILES string of the molecule is CCNC(=NCC(c1ccco1)N1CCCC1)NCCCCN1CCN(CC)CC1. The molecule has 0 bridgehead atoms. The Kier molecular flexibility index (Phi) is 9.99. The van der Waals surface area contributed by atoms with Gasteiger partial charge in [-0.2, -0.15) is 0 Å². The molecule has 170 valence electrons. The molecule has 1 unspecified atom stereocenters. The van der Waals surface area contributed by atoms with E-state index in [1.54, 1.807) is 6.26 Å². The van der Waals surface area contributed by atoms with Crippen molar-refractivity contribution in [2.45, 2.75) is 45.6 Å². The highest BCUT2D eigenvalue weighted by molar-refractivity contribution is 5.79. The number of likely N-dealkylation sites (tertiary alicyclic amines) is 1. The second-order valence-electron chi connectivity index (χ2n) is 8.40. The first-order valence-corrected chi connectivity index (χ1v) is 12.0. The number of hydrogen-bond acceptors (Lipinski definition) is 5. The fourth-order valence-electron chi connectivity index (χ4n) is 4.44. The number of furan rings is 1. The van der Waals surface area contributed by atoms with E-state index in [1.807, 2.05) is 6.07 Å². The highest BCUT2D eigenvalue weighted by Crippen LogP contribution is 2.25. The molecule has 0 spiro atoms. The lowest BCUT2D eigenvalue weighted by molar-refractivity contribution is 0.136. The first kappa shape index (κ1) is 23.1. The van der Waals surface area contributed by atoms with Crippen molar-refractivity contribution in [2.24, 2.45) is 4.99 Å². The molecule has 0 saturated carbocycles. The molecule has 1 aromatic heterocycles. The van der Waals surface area contributed by atoms with E-state index in [2.05, 4.69) is 45.2 Å². The molecule has 2 aliphatic heterocycles. The Morgan fingerprint density at radius 3 is 2.47 bits per heavy atom. The third-order valence-corrected chi connectivity index (χ3v) is 6.33. The minimum Gasteiger partial charge on any atom is -0.468 e. The van der Waals surface area contributed by atoms with Crippen LogP contribution in [-0.2, 0) is 0 Å². The normalized spacial score (nSPS) is 20.5. The maximum absolute atomic E-state index is 5.73. The fourth-order valence-corrected chi connectivity index (χ4v) is 4.44. The topological polar surface area (TPSA) is 59.3 Å². The molecular weight excluding hydrogens is 376 g/mol. The zero-order chi connectivity index (χ0) is 21.0. The fraction of sp³-hybridized carbons (Fsp3) is 0.783. The van der Waals surface area contributed by atoms with E-state index < -0.39 is 0 Å². The largest absolute Gasteiger partial charge is 0.468 e. The Morgan fingerprint density at radius 1 is 1.03 bits per heavy atom. The Labute approximate surface area is 182 Å². The van der Waals surface area contributed by atoms with Crippen molar-refractivity contribution in [2.75, 3.05) is 72.0 Å². The second kappa shape index (κ2) is 13.0. The van der Waals surface area contributed by atoms with Gasteiger partial charge in [0.15, 0.2) is 5.96 Å². The van der Waals surface area contributed by atoms with Gasteiger partial charge < -0.3 is 24.9 Å². The van der Waals surface area contributed by atoms with Crippen LogP contribution in [0.25, 0.3) is 0 Å². The quantitative estimate of drug-likeness (QED) is 0.327. The van der Waals surface area contributed by atoms with Gasteiger partial charge in [-0.25, -0.2) is 0 Å². The number of piperazine rings is 1. The van der Waals surface area contributed by atoms with E-state index >= 15 is 0 Å². The first-order valence-electron chi connectivity index (χ1n) is 12.0. The highest BCUT2D eigenvalue weighted by Gasteiger charge is 2.25. The number of hydrogen-bond donors (Lipinski definition) is 2. The van der Waals surface area contributed by atoms with E-state index in [-0.39, 0.29) is 6.04 Å². The number of rotatable bonds is 11. The van der Waals surface area contributed by atoms with Crippen LogP contribution in [0.5, 0.6) is 0 Å². The van der Waals surface area contributed by atoms with Gasteiger partial charge in [-0.05, 0) is 70.9 Å². The van der Waals surface area contributed by atoms with Gasteiger partial charge in [0, 0.05) is 39.3 Å². The first-order chi connectivity index (χ1) is 14.8. The van der Waals surface area contributed by atoms with Crippen molar-refractivity contribution in [3.8, 4) is 0 Å². The number of aliphatic imine (C=N–C) groups is 1. The van der Waals surface area contributed by atoms with Crippen LogP contribution in [0, 0.1) is 0 Å². The minimum absolute atomic E-state index is 0.236. The van der Waals surface area contributed by atoms with Gasteiger partial charge in [-0.3, -0.25) is 9.89 Å². The average molecular weight is 419 g/mol. The van der Waals surface area contributed by atoms with E-state index in [1.165, 1.54) is 65.0 Å². The monoisotopic (exact) mass is 418 g/mol. The molecule has 2 fully saturated rings. The molecule has 0 aliphatic carbocycles. The number of nitrogens with zero attached hydrogens (tertiary/aromatic N) is 4. The van der Waals surface area contributed by atoms with Crippen molar-refractivity contribution >= 4 is 5.96 Å². The maximum Gasteiger partial charge on any atom is 0.191 e. The van der Waals surface area contributed by atoms with Crippen molar-refractivity contribution in [3.05, 3.63) is 24.2 Å². The molecule has 0 aromatic carbocycles. The molecular formula is C23H42N6O. The third-order valence-electron chi connectivity index (χ3n) is 6.33. The summed E-state index contributed by atoms with van der Waals surface area (Å²) in [5, 5.41) is 6.93. The smallest absolute Gasteiger partial charge is 0.191 e. The standard InChI is InChI=1S/C23H42N6O/c1-3-24-23(25-11-5-6-12-28-17-15-27(4-2)16-18-28)26-20-21(22-10-9-19-30-22)29-13-7-8-14-29/h9-10,19,21H,3-8,11-18,20H2,1-2H3,(H2,24,25,26). The van der Waals surface area contributed by atoms with Crippen LogP contribution in [0.3, 0.4) is 0 Å². The van der Waals surface area contributed by atoms with Crippen LogP contribution in [0.15, 0.2) is 27.8 Å². The second-order valence-corrected chi connectivity index (χ2v) is 8.40. The summed E-state index contributed by atoms with van der Waals surface area (Å²) in [6, 6.07) is 4.30. The Balaban J connectivity index is 1.40. The van der Waals surface area contributed by atoms with E-state index in [4.69, 9.17) is 9.41 Å². The van der Waals surface area contributed by atoms with Gasteiger partial charge in [0.1, 0.15) is 5.76 Å². The summed E-state index contributed by atoms with van der Waals surface area (Å²) >= 11 is 0. The lowest BCUT2D eigenvalue weighted by Gasteiger charge is -2.34.